The van der Waals surface area contributed by atoms with E-state index in [9.17, 15) is 9.59 Å². The molecule has 2 rings (SSSR count). The lowest BCUT2D eigenvalue weighted by molar-refractivity contribution is -0.119. The summed E-state index contributed by atoms with van der Waals surface area (Å²) >= 11 is 0. The third-order valence-corrected chi connectivity index (χ3v) is 5.07. The smallest absolute Gasteiger partial charge is 0.410 e. The lowest BCUT2D eigenvalue weighted by Crippen LogP contribution is -2.52. The zero-order valence-electron chi connectivity index (χ0n) is 19.2. The van der Waals surface area contributed by atoms with Crippen LogP contribution in [-0.4, -0.2) is 78.7 Å². The highest BCUT2D eigenvalue weighted by Gasteiger charge is 2.35. The molecule has 1 heterocycles. The predicted molar refractivity (Wildman–Crippen MR) is 130 cm³/mol. The predicted octanol–water partition coefficient (Wildman–Crippen LogP) is 2.82. The Kier molecular flexibility index (Phi) is 11.2. The Morgan fingerprint density at radius 1 is 1.07 bits per heavy atom. The molecule has 0 spiro atoms. The summed E-state index contributed by atoms with van der Waals surface area (Å²) in [6.45, 7) is 13.5. The van der Waals surface area contributed by atoms with Crippen LogP contribution >= 0.6 is 24.0 Å². The molecule has 2 amide bonds. The van der Waals surface area contributed by atoms with E-state index in [0.717, 1.165) is 45.0 Å². The van der Waals surface area contributed by atoms with Crippen LogP contribution in [0.3, 0.4) is 0 Å². The SMILES string of the molecule is CCNC(=O)CN=C(NCC)N1CCC(N(CC2CC2)C(=O)OC(C)(C)C)CC1.I. The van der Waals surface area contributed by atoms with E-state index in [1.54, 1.807) is 0 Å². The Hall–Kier alpha value is -1.26. The number of amides is 2. The Morgan fingerprint density at radius 3 is 2.17 bits per heavy atom. The molecule has 0 atom stereocenters. The van der Waals surface area contributed by atoms with Crippen LogP contribution in [0.5, 0.6) is 0 Å². The second kappa shape index (κ2) is 12.6. The van der Waals surface area contributed by atoms with Gasteiger partial charge in [-0.25, -0.2) is 9.79 Å². The highest BCUT2D eigenvalue weighted by Crippen LogP contribution is 2.32. The first kappa shape index (κ1) is 26.8. The number of piperidine rings is 1. The molecular weight excluding hydrogens is 497 g/mol. The van der Waals surface area contributed by atoms with Gasteiger partial charge in [-0.3, -0.25) is 4.79 Å². The monoisotopic (exact) mass is 537 g/mol. The van der Waals surface area contributed by atoms with Gasteiger partial charge in [0, 0.05) is 38.8 Å². The molecule has 0 unspecified atom stereocenters. The van der Waals surface area contributed by atoms with Gasteiger partial charge < -0.3 is 25.2 Å². The average molecular weight is 537 g/mol. The highest BCUT2D eigenvalue weighted by molar-refractivity contribution is 14.0. The number of hydrogen-bond donors (Lipinski definition) is 2. The lowest BCUT2D eigenvalue weighted by Gasteiger charge is -2.40. The van der Waals surface area contributed by atoms with Gasteiger partial charge >= 0.3 is 6.09 Å². The van der Waals surface area contributed by atoms with E-state index in [4.69, 9.17) is 4.74 Å². The summed E-state index contributed by atoms with van der Waals surface area (Å²) in [5.41, 5.74) is -0.483. The first-order valence-electron chi connectivity index (χ1n) is 11.0. The van der Waals surface area contributed by atoms with Crippen molar-refractivity contribution in [3.05, 3.63) is 0 Å². The van der Waals surface area contributed by atoms with Crippen LogP contribution in [-0.2, 0) is 9.53 Å². The van der Waals surface area contributed by atoms with Crippen molar-refractivity contribution in [2.75, 3.05) is 39.3 Å². The molecule has 1 saturated heterocycles. The minimum absolute atomic E-state index is 0. The van der Waals surface area contributed by atoms with E-state index in [1.165, 1.54) is 12.8 Å². The van der Waals surface area contributed by atoms with Gasteiger partial charge in [0.15, 0.2) is 5.96 Å². The van der Waals surface area contributed by atoms with Crippen molar-refractivity contribution >= 4 is 41.9 Å². The first-order valence-corrected chi connectivity index (χ1v) is 11.0. The van der Waals surface area contributed by atoms with Gasteiger partial charge in [-0.1, -0.05) is 0 Å². The van der Waals surface area contributed by atoms with Gasteiger partial charge in [-0.2, -0.15) is 0 Å². The van der Waals surface area contributed by atoms with Crippen molar-refractivity contribution in [2.45, 2.75) is 71.9 Å². The summed E-state index contributed by atoms with van der Waals surface area (Å²) in [4.78, 5) is 33.2. The Bertz CT molecular complexity index is 582. The molecule has 9 heteroatoms. The summed E-state index contributed by atoms with van der Waals surface area (Å²) in [5, 5.41) is 6.05. The summed E-state index contributed by atoms with van der Waals surface area (Å²) < 4.78 is 5.68. The summed E-state index contributed by atoms with van der Waals surface area (Å²) in [5.74, 6) is 1.32. The number of likely N-dealkylation sites (tertiary alicyclic amines) is 1. The van der Waals surface area contributed by atoms with Crippen LogP contribution in [0, 0.1) is 5.92 Å². The fourth-order valence-corrected chi connectivity index (χ4v) is 3.49. The number of guanidine groups is 1. The fourth-order valence-electron chi connectivity index (χ4n) is 3.49. The molecule has 1 aliphatic carbocycles. The normalized spacial score (nSPS) is 17.8. The maximum absolute atomic E-state index is 12.8. The molecule has 0 radical (unpaired) electrons. The number of ether oxygens (including phenoxy) is 1. The van der Waals surface area contributed by atoms with Gasteiger partial charge in [0.05, 0.1) is 0 Å². The molecule has 174 valence electrons. The van der Waals surface area contributed by atoms with Gasteiger partial charge in [0.25, 0.3) is 0 Å². The largest absolute Gasteiger partial charge is 0.444 e. The van der Waals surface area contributed by atoms with Crippen molar-refractivity contribution < 1.29 is 14.3 Å². The van der Waals surface area contributed by atoms with E-state index in [1.807, 2.05) is 39.5 Å². The van der Waals surface area contributed by atoms with Crippen LogP contribution in [0.4, 0.5) is 4.79 Å². The Balaban J connectivity index is 0.00000450. The molecule has 1 saturated carbocycles. The number of halogens is 1. The molecule has 30 heavy (non-hydrogen) atoms. The number of hydrogen-bond acceptors (Lipinski definition) is 4. The third kappa shape index (κ3) is 9.26. The van der Waals surface area contributed by atoms with Crippen LogP contribution in [0.25, 0.3) is 0 Å². The second-order valence-corrected chi connectivity index (χ2v) is 8.92. The number of carbonyl (C=O) groups excluding carboxylic acids is 2. The van der Waals surface area contributed by atoms with Gasteiger partial charge in [0.1, 0.15) is 12.1 Å². The molecule has 0 aromatic heterocycles. The number of rotatable bonds is 7. The minimum atomic E-state index is -0.483. The van der Waals surface area contributed by atoms with Crippen LogP contribution in [0.15, 0.2) is 4.99 Å². The maximum atomic E-state index is 12.8. The molecule has 2 aliphatic rings. The minimum Gasteiger partial charge on any atom is -0.444 e. The molecule has 0 aromatic rings. The fraction of sp³-hybridized carbons (Fsp3) is 0.857. The quantitative estimate of drug-likeness (QED) is 0.297. The summed E-state index contributed by atoms with van der Waals surface area (Å²) in [6.07, 6.45) is 3.96. The third-order valence-electron chi connectivity index (χ3n) is 5.07. The Morgan fingerprint density at radius 2 is 1.67 bits per heavy atom. The number of likely N-dealkylation sites (N-methyl/N-ethyl adjacent to an activating group) is 1. The van der Waals surface area contributed by atoms with Gasteiger partial charge in [-0.05, 0) is 66.2 Å². The standard InChI is InChI=1S/C21H39N5O3.HI/c1-6-22-18(27)14-24-19(23-7-2)25-12-10-17(11-13-25)26(15-16-8-9-16)20(28)29-21(3,4)5;/h16-17H,6-15H2,1-5H3,(H,22,27)(H,23,24);1H. The molecule has 1 aliphatic heterocycles. The molecule has 0 aromatic carbocycles. The molecule has 2 N–H and O–H groups in total. The molecular formula is C21H40IN5O3. The second-order valence-electron chi connectivity index (χ2n) is 8.92. The molecule has 0 bridgehead atoms. The van der Waals surface area contributed by atoms with E-state index >= 15 is 0 Å². The van der Waals surface area contributed by atoms with E-state index < -0.39 is 5.60 Å². The number of nitrogens with zero attached hydrogens (tertiary/aromatic N) is 3. The summed E-state index contributed by atoms with van der Waals surface area (Å²) in [7, 11) is 0. The summed E-state index contributed by atoms with van der Waals surface area (Å²) in [6, 6.07) is 0.188. The number of nitrogens with one attached hydrogen (secondary N) is 2. The average Bonchev–Trinajstić information content (AvgIpc) is 3.46. The molecule has 2 fully saturated rings. The number of aliphatic imine (C=N–C) groups is 1. The van der Waals surface area contributed by atoms with Crippen molar-refractivity contribution in [3.8, 4) is 0 Å². The highest BCUT2D eigenvalue weighted by atomic mass is 127. The zero-order valence-corrected chi connectivity index (χ0v) is 21.5. The van der Waals surface area contributed by atoms with Crippen molar-refractivity contribution in [2.24, 2.45) is 10.9 Å². The van der Waals surface area contributed by atoms with Crippen LogP contribution in [0.1, 0.15) is 60.3 Å². The molecule has 8 nitrogen and oxygen atoms in total. The van der Waals surface area contributed by atoms with E-state index in [-0.39, 0.29) is 48.6 Å². The van der Waals surface area contributed by atoms with Crippen LogP contribution in [0.2, 0.25) is 0 Å². The number of carbonyl (C=O) groups is 2. The topological polar surface area (TPSA) is 86.3 Å². The van der Waals surface area contributed by atoms with Crippen molar-refractivity contribution in [1.82, 2.24) is 20.4 Å². The van der Waals surface area contributed by atoms with Crippen molar-refractivity contribution in [1.29, 1.82) is 0 Å². The zero-order chi connectivity index (χ0) is 21.4. The first-order chi connectivity index (χ1) is 13.7. The maximum Gasteiger partial charge on any atom is 0.410 e. The van der Waals surface area contributed by atoms with Gasteiger partial charge in [0.2, 0.25) is 5.91 Å². The van der Waals surface area contributed by atoms with E-state index in [0.29, 0.717) is 12.5 Å². The Labute approximate surface area is 198 Å². The lowest BCUT2D eigenvalue weighted by atomic mass is 10.0. The van der Waals surface area contributed by atoms with Crippen LogP contribution < -0.4 is 10.6 Å². The van der Waals surface area contributed by atoms with E-state index in [2.05, 4.69) is 20.5 Å². The van der Waals surface area contributed by atoms with Gasteiger partial charge in [-0.15, -0.1) is 24.0 Å². The van der Waals surface area contributed by atoms with Crippen molar-refractivity contribution in [3.63, 3.8) is 0 Å².